The molecule has 0 spiro atoms. The van der Waals surface area contributed by atoms with Crippen LogP contribution < -0.4 is 0 Å². The van der Waals surface area contributed by atoms with Crippen LogP contribution in [0.3, 0.4) is 0 Å². The predicted molar refractivity (Wildman–Crippen MR) is 144 cm³/mol. The van der Waals surface area contributed by atoms with Crippen molar-refractivity contribution in [1.29, 1.82) is 0 Å². The first-order chi connectivity index (χ1) is 18.0. The summed E-state index contributed by atoms with van der Waals surface area (Å²) in [5.74, 6) is -1.74. The molecule has 1 unspecified atom stereocenters. The molecule has 0 aromatic heterocycles. The van der Waals surface area contributed by atoms with Crippen molar-refractivity contribution in [2.24, 2.45) is 0 Å². The van der Waals surface area contributed by atoms with Gasteiger partial charge in [0.2, 0.25) is 15.9 Å². The Morgan fingerprint density at radius 3 is 2.31 bits per heavy atom. The van der Waals surface area contributed by atoms with Gasteiger partial charge in [-0.15, -0.1) is 0 Å². The van der Waals surface area contributed by atoms with Gasteiger partial charge in [0.15, 0.2) is 0 Å². The number of sulfonamides is 1. The van der Waals surface area contributed by atoms with E-state index in [-0.39, 0.29) is 23.0 Å². The molecule has 0 saturated carbocycles. The summed E-state index contributed by atoms with van der Waals surface area (Å²) in [6.07, 6.45) is -2.65. The molecule has 0 radical (unpaired) electrons. The van der Waals surface area contributed by atoms with Gasteiger partial charge >= 0.3 is 6.18 Å². The molecule has 1 fully saturated rings. The van der Waals surface area contributed by atoms with Crippen LogP contribution in [0.2, 0.25) is 10.0 Å². The van der Waals surface area contributed by atoms with Gasteiger partial charge in [-0.25, -0.2) is 17.1 Å². The van der Waals surface area contributed by atoms with Gasteiger partial charge in [-0.1, -0.05) is 35.3 Å². The van der Waals surface area contributed by atoms with Gasteiger partial charge in [0, 0.05) is 33.2 Å². The molecular formula is C26H31Cl2F4N3O3S. The molecule has 1 aliphatic heterocycles. The summed E-state index contributed by atoms with van der Waals surface area (Å²) in [7, 11) is -1.80. The standard InChI is InChI=1S/C26H31Cl2F4N3O3S/c1-25(19-6-8-21(27)22(28)16-19,9-12-34-10-4-11-35(14-13-34)39(3,37)38)24(36)33(2)17-18-5-7-20(23(29)15-18)26(30,31)32/h5-8,15-16H,4,9-14,17H2,1-3H3. The molecule has 3 rings (SSSR count). The highest BCUT2D eigenvalue weighted by Crippen LogP contribution is 2.35. The fourth-order valence-corrected chi connectivity index (χ4v) is 5.92. The molecule has 39 heavy (non-hydrogen) atoms. The van der Waals surface area contributed by atoms with E-state index in [1.807, 2.05) is 0 Å². The molecule has 0 N–H and O–H groups in total. The Balaban J connectivity index is 1.83. The van der Waals surface area contributed by atoms with Crippen LogP contribution in [0.15, 0.2) is 36.4 Å². The summed E-state index contributed by atoms with van der Waals surface area (Å²) in [6, 6.07) is 7.50. The third-order valence-electron chi connectivity index (χ3n) is 7.08. The molecule has 1 aliphatic rings. The fraction of sp³-hybridized carbons (Fsp3) is 0.500. The summed E-state index contributed by atoms with van der Waals surface area (Å²) in [5, 5.41) is 0.580. The molecule has 1 atom stereocenters. The molecule has 216 valence electrons. The van der Waals surface area contributed by atoms with Gasteiger partial charge in [-0.2, -0.15) is 13.2 Å². The second-order valence-corrected chi connectivity index (χ2v) is 12.8. The Kier molecular flexibility index (Phi) is 9.97. The number of hydrogen-bond donors (Lipinski definition) is 0. The third-order valence-corrected chi connectivity index (χ3v) is 9.12. The van der Waals surface area contributed by atoms with E-state index >= 15 is 0 Å². The topological polar surface area (TPSA) is 60.9 Å². The van der Waals surface area contributed by atoms with Crippen molar-refractivity contribution in [2.45, 2.75) is 37.9 Å². The Bertz CT molecular complexity index is 1310. The Morgan fingerprint density at radius 1 is 1.03 bits per heavy atom. The van der Waals surface area contributed by atoms with Crippen molar-refractivity contribution in [3.8, 4) is 0 Å². The van der Waals surface area contributed by atoms with Gasteiger partial charge < -0.3 is 9.80 Å². The zero-order chi connectivity index (χ0) is 29.2. The number of carbonyl (C=O) groups excluding carboxylic acids is 1. The number of rotatable bonds is 8. The maximum absolute atomic E-state index is 14.1. The molecule has 0 bridgehead atoms. The molecule has 1 amide bonds. The average Bonchev–Trinajstić information content (AvgIpc) is 3.09. The minimum Gasteiger partial charge on any atom is -0.341 e. The van der Waals surface area contributed by atoms with E-state index in [0.717, 1.165) is 12.1 Å². The van der Waals surface area contributed by atoms with Crippen LogP contribution in [0.4, 0.5) is 17.6 Å². The van der Waals surface area contributed by atoms with E-state index in [9.17, 15) is 30.8 Å². The number of amides is 1. The van der Waals surface area contributed by atoms with E-state index in [1.54, 1.807) is 25.1 Å². The van der Waals surface area contributed by atoms with Gasteiger partial charge in [0.25, 0.3) is 0 Å². The first-order valence-electron chi connectivity index (χ1n) is 12.3. The summed E-state index contributed by atoms with van der Waals surface area (Å²) < 4.78 is 78.4. The zero-order valence-corrected chi connectivity index (χ0v) is 24.2. The lowest BCUT2D eigenvalue weighted by molar-refractivity contribution is -0.140. The quantitative estimate of drug-likeness (QED) is 0.374. The minimum atomic E-state index is -4.82. The smallest absolute Gasteiger partial charge is 0.341 e. The Hall–Kier alpha value is -1.92. The lowest BCUT2D eigenvalue weighted by Gasteiger charge is -2.35. The maximum Gasteiger partial charge on any atom is 0.419 e. The van der Waals surface area contributed by atoms with Crippen molar-refractivity contribution < 1.29 is 30.8 Å². The van der Waals surface area contributed by atoms with Crippen molar-refractivity contribution in [3.05, 3.63) is 69.0 Å². The largest absolute Gasteiger partial charge is 0.419 e. The molecule has 13 heteroatoms. The second-order valence-electron chi connectivity index (χ2n) is 10.0. The van der Waals surface area contributed by atoms with Crippen molar-refractivity contribution in [3.63, 3.8) is 0 Å². The highest BCUT2D eigenvalue weighted by molar-refractivity contribution is 7.88. The van der Waals surface area contributed by atoms with Crippen LogP contribution >= 0.6 is 23.2 Å². The Morgan fingerprint density at radius 2 is 1.72 bits per heavy atom. The lowest BCUT2D eigenvalue weighted by atomic mass is 9.77. The summed E-state index contributed by atoms with van der Waals surface area (Å²) in [4.78, 5) is 17.3. The predicted octanol–water partition coefficient (Wildman–Crippen LogP) is 5.43. The van der Waals surface area contributed by atoms with Crippen molar-refractivity contribution in [2.75, 3.05) is 46.0 Å². The summed E-state index contributed by atoms with van der Waals surface area (Å²) >= 11 is 12.4. The van der Waals surface area contributed by atoms with Crippen molar-refractivity contribution >= 4 is 39.1 Å². The van der Waals surface area contributed by atoms with Crippen molar-refractivity contribution in [1.82, 2.24) is 14.1 Å². The van der Waals surface area contributed by atoms with E-state index in [0.29, 0.717) is 62.2 Å². The van der Waals surface area contributed by atoms with E-state index < -0.39 is 33.0 Å². The molecule has 2 aromatic rings. The SMILES string of the molecule is CN(Cc1ccc(C(F)(F)F)c(F)c1)C(=O)C(C)(CCN1CCCN(S(C)(=O)=O)CC1)c1ccc(Cl)c(Cl)c1. The Labute approximate surface area is 236 Å². The number of carbonyl (C=O) groups is 1. The van der Waals surface area contributed by atoms with E-state index in [1.165, 1.54) is 22.5 Å². The molecule has 2 aromatic carbocycles. The molecule has 1 heterocycles. The molecule has 6 nitrogen and oxygen atoms in total. The van der Waals surface area contributed by atoms with Gasteiger partial charge in [0.05, 0.1) is 27.3 Å². The van der Waals surface area contributed by atoms with Gasteiger partial charge in [-0.3, -0.25) is 4.79 Å². The van der Waals surface area contributed by atoms with Crippen LogP contribution in [-0.2, 0) is 33.0 Å². The highest BCUT2D eigenvalue weighted by atomic mass is 35.5. The van der Waals surface area contributed by atoms with Gasteiger partial charge in [0.1, 0.15) is 5.82 Å². The lowest BCUT2D eigenvalue weighted by Crippen LogP contribution is -2.45. The monoisotopic (exact) mass is 611 g/mol. The second kappa shape index (κ2) is 12.3. The number of benzene rings is 2. The zero-order valence-electron chi connectivity index (χ0n) is 21.9. The average molecular weight is 613 g/mol. The number of likely N-dealkylation sites (N-methyl/N-ethyl adjacent to an activating group) is 1. The van der Waals surface area contributed by atoms with E-state index in [2.05, 4.69) is 4.90 Å². The molecule has 1 saturated heterocycles. The van der Waals surface area contributed by atoms with Crippen LogP contribution in [0, 0.1) is 5.82 Å². The van der Waals surface area contributed by atoms with Gasteiger partial charge in [-0.05, 0) is 68.2 Å². The minimum absolute atomic E-state index is 0.113. The van der Waals surface area contributed by atoms with Crippen LogP contribution in [-0.4, -0.2) is 74.5 Å². The van der Waals surface area contributed by atoms with Crippen LogP contribution in [0.1, 0.15) is 36.5 Å². The van der Waals surface area contributed by atoms with Crippen LogP contribution in [0.5, 0.6) is 0 Å². The fourth-order valence-electron chi connectivity index (χ4n) is 4.75. The number of hydrogen-bond acceptors (Lipinski definition) is 4. The van der Waals surface area contributed by atoms with E-state index in [4.69, 9.17) is 23.2 Å². The first kappa shape index (κ1) is 31.6. The highest BCUT2D eigenvalue weighted by Gasteiger charge is 2.39. The third kappa shape index (κ3) is 7.85. The first-order valence-corrected chi connectivity index (χ1v) is 14.9. The number of halogens is 6. The number of alkyl halides is 3. The maximum atomic E-state index is 14.1. The molecule has 0 aliphatic carbocycles. The van der Waals surface area contributed by atoms with Crippen LogP contribution in [0.25, 0.3) is 0 Å². The number of nitrogens with zero attached hydrogens (tertiary/aromatic N) is 3. The summed E-state index contributed by atoms with van der Waals surface area (Å²) in [6.45, 7) is 4.03. The molecular weight excluding hydrogens is 581 g/mol. The summed E-state index contributed by atoms with van der Waals surface area (Å²) in [5.41, 5.74) is -1.68. The normalized spacial score (nSPS) is 17.5.